The van der Waals surface area contributed by atoms with Gasteiger partial charge in [-0.05, 0) is 51.2 Å². The van der Waals surface area contributed by atoms with Crippen molar-refractivity contribution >= 4 is 16.6 Å². The molecular weight excluding hydrogens is 212 g/mol. The maximum Gasteiger partial charge on any atom is 0.0687 e. The Labute approximate surface area is 101 Å². The van der Waals surface area contributed by atoms with Gasteiger partial charge in [-0.2, -0.15) is 5.10 Å². The number of nitrogens with zero attached hydrogens (tertiary/aromatic N) is 3. The zero-order valence-corrected chi connectivity index (χ0v) is 10.1. The molecule has 2 heterocycles. The van der Waals surface area contributed by atoms with E-state index in [-0.39, 0.29) is 0 Å². The van der Waals surface area contributed by atoms with Crippen LogP contribution < -0.4 is 5.73 Å². The molecule has 1 aromatic carbocycles. The molecule has 0 atom stereocenters. The molecule has 4 nitrogen and oxygen atoms in total. The zero-order valence-electron chi connectivity index (χ0n) is 10.1. The third-order valence-electron chi connectivity index (χ3n) is 3.65. The number of nitrogen functional groups attached to an aromatic ring is 1. The summed E-state index contributed by atoms with van der Waals surface area (Å²) in [6, 6.07) is 6.56. The Balaban J connectivity index is 1.95. The van der Waals surface area contributed by atoms with Gasteiger partial charge in [-0.25, -0.2) is 0 Å². The van der Waals surface area contributed by atoms with Crippen molar-refractivity contribution in [3.8, 4) is 0 Å². The van der Waals surface area contributed by atoms with Crippen molar-refractivity contribution in [3.05, 3.63) is 24.4 Å². The second-order valence-electron chi connectivity index (χ2n) is 4.94. The van der Waals surface area contributed by atoms with Gasteiger partial charge in [0.05, 0.1) is 17.8 Å². The van der Waals surface area contributed by atoms with Crippen LogP contribution in [0.1, 0.15) is 18.9 Å². The Morgan fingerprint density at radius 1 is 1.29 bits per heavy atom. The number of rotatable bonds is 1. The molecule has 90 valence electrons. The number of benzene rings is 1. The highest BCUT2D eigenvalue weighted by molar-refractivity contribution is 5.82. The summed E-state index contributed by atoms with van der Waals surface area (Å²) in [5.41, 5.74) is 7.79. The first-order chi connectivity index (χ1) is 8.24. The quantitative estimate of drug-likeness (QED) is 0.761. The molecule has 3 rings (SSSR count). The van der Waals surface area contributed by atoms with Gasteiger partial charge in [0, 0.05) is 11.1 Å². The molecule has 0 aliphatic carbocycles. The van der Waals surface area contributed by atoms with E-state index in [1.54, 1.807) is 0 Å². The normalized spacial score (nSPS) is 18.9. The summed E-state index contributed by atoms with van der Waals surface area (Å²) in [6.45, 7) is 2.31. The van der Waals surface area contributed by atoms with Crippen molar-refractivity contribution in [3.63, 3.8) is 0 Å². The predicted molar refractivity (Wildman–Crippen MR) is 69.9 cm³/mol. The van der Waals surface area contributed by atoms with Crippen LogP contribution in [0.25, 0.3) is 10.9 Å². The number of aromatic nitrogens is 2. The Bertz CT molecular complexity index is 523. The highest BCUT2D eigenvalue weighted by Gasteiger charge is 2.20. The highest BCUT2D eigenvalue weighted by atomic mass is 15.3. The molecule has 1 aromatic heterocycles. The van der Waals surface area contributed by atoms with E-state index in [2.05, 4.69) is 27.8 Å². The number of hydrogen-bond donors (Lipinski definition) is 1. The van der Waals surface area contributed by atoms with E-state index < -0.39 is 0 Å². The second kappa shape index (κ2) is 4.04. The molecular formula is C13H18N4. The van der Waals surface area contributed by atoms with Crippen molar-refractivity contribution in [2.24, 2.45) is 0 Å². The molecule has 1 fully saturated rings. The fourth-order valence-corrected chi connectivity index (χ4v) is 2.60. The van der Waals surface area contributed by atoms with Crippen LogP contribution in [0.3, 0.4) is 0 Å². The molecule has 1 aliphatic heterocycles. The van der Waals surface area contributed by atoms with E-state index >= 15 is 0 Å². The van der Waals surface area contributed by atoms with Crippen LogP contribution >= 0.6 is 0 Å². The lowest BCUT2D eigenvalue weighted by Gasteiger charge is -2.29. The van der Waals surface area contributed by atoms with Gasteiger partial charge in [0.2, 0.25) is 0 Å². The molecule has 0 unspecified atom stereocenters. The summed E-state index contributed by atoms with van der Waals surface area (Å²) in [5.74, 6) is 0. The van der Waals surface area contributed by atoms with E-state index in [0.29, 0.717) is 6.04 Å². The molecule has 2 aromatic rings. The summed E-state index contributed by atoms with van der Waals surface area (Å²) >= 11 is 0. The molecule has 0 amide bonds. The van der Waals surface area contributed by atoms with Gasteiger partial charge >= 0.3 is 0 Å². The molecule has 2 N–H and O–H groups in total. The SMILES string of the molecule is CN1CCC(n2ncc3cc(N)ccc32)CC1. The Kier molecular flexibility index (Phi) is 2.52. The lowest BCUT2D eigenvalue weighted by atomic mass is 10.1. The average Bonchev–Trinajstić information content (AvgIpc) is 2.73. The van der Waals surface area contributed by atoms with E-state index in [0.717, 1.165) is 24.2 Å². The third kappa shape index (κ3) is 1.89. The first-order valence-electron chi connectivity index (χ1n) is 6.15. The fourth-order valence-electron chi connectivity index (χ4n) is 2.60. The molecule has 1 saturated heterocycles. The fraction of sp³-hybridized carbons (Fsp3) is 0.462. The summed E-state index contributed by atoms with van der Waals surface area (Å²) < 4.78 is 2.17. The molecule has 0 saturated carbocycles. The second-order valence-corrected chi connectivity index (χ2v) is 4.94. The van der Waals surface area contributed by atoms with Gasteiger partial charge in [-0.15, -0.1) is 0 Å². The van der Waals surface area contributed by atoms with Crippen LogP contribution in [0.2, 0.25) is 0 Å². The molecule has 0 bridgehead atoms. The van der Waals surface area contributed by atoms with Gasteiger partial charge < -0.3 is 10.6 Å². The molecule has 17 heavy (non-hydrogen) atoms. The molecule has 0 spiro atoms. The van der Waals surface area contributed by atoms with Crippen LogP contribution in [0.4, 0.5) is 5.69 Å². The van der Waals surface area contributed by atoms with Crippen LogP contribution in [-0.4, -0.2) is 34.8 Å². The lowest BCUT2D eigenvalue weighted by molar-refractivity contribution is 0.215. The number of hydrogen-bond acceptors (Lipinski definition) is 3. The smallest absolute Gasteiger partial charge is 0.0687 e. The number of likely N-dealkylation sites (tertiary alicyclic amines) is 1. The van der Waals surface area contributed by atoms with Gasteiger partial charge in [0.15, 0.2) is 0 Å². The summed E-state index contributed by atoms with van der Waals surface area (Å²) in [6.07, 6.45) is 4.28. The third-order valence-corrected chi connectivity index (χ3v) is 3.65. The highest BCUT2D eigenvalue weighted by Crippen LogP contribution is 2.26. The predicted octanol–water partition coefficient (Wildman–Crippen LogP) is 1.89. The standard InChI is InChI=1S/C13H18N4/c1-16-6-4-12(5-7-16)17-13-3-2-11(14)8-10(13)9-15-17/h2-3,8-9,12H,4-7,14H2,1H3. The van der Waals surface area contributed by atoms with Gasteiger partial charge in [-0.1, -0.05) is 0 Å². The van der Waals surface area contributed by atoms with E-state index in [4.69, 9.17) is 5.73 Å². The summed E-state index contributed by atoms with van der Waals surface area (Å²) in [5, 5.41) is 5.67. The summed E-state index contributed by atoms with van der Waals surface area (Å²) in [4.78, 5) is 2.38. The van der Waals surface area contributed by atoms with Crippen LogP contribution in [0.15, 0.2) is 24.4 Å². The minimum Gasteiger partial charge on any atom is -0.399 e. The van der Waals surface area contributed by atoms with Crippen LogP contribution in [0, 0.1) is 0 Å². The minimum absolute atomic E-state index is 0.535. The van der Waals surface area contributed by atoms with E-state index in [9.17, 15) is 0 Å². The molecule has 0 radical (unpaired) electrons. The van der Waals surface area contributed by atoms with E-state index in [1.165, 1.54) is 18.4 Å². The monoisotopic (exact) mass is 230 g/mol. The number of piperidine rings is 1. The largest absolute Gasteiger partial charge is 0.399 e. The molecule has 4 heteroatoms. The first-order valence-corrected chi connectivity index (χ1v) is 6.15. The zero-order chi connectivity index (χ0) is 11.8. The Morgan fingerprint density at radius 2 is 2.06 bits per heavy atom. The topological polar surface area (TPSA) is 47.1 Å². The number of anilines is 1. The van der Waals surface area contributed by atoms with Gasteiger partial charge in [-0.3, -0.25) is 4.68 Å². The van der Waals surface area contributed by atoms with Crippen molar-refractivity contribution in [1.29, 1.82) is 0 Å². The Morgan fingerprint density at radius 3 is 2.82 bits per heavy atom. The first kappa shape index (κ1) is 10.6. The lowest BCUT2D eigenvalue weighted by Crippen LogP contribution is -2.31. The average molecular weight is 230 g/mol. The van der Waals surface area contributed by atoms with Crippen LogP contribution in [-0.2, 0) is 0 Å². The van der Waals surface area contributed by atoms with Crippen molar-refractivity contribution in [2.45, 2.75) is 18.9 Å². The Hall–Kier alpha value is -1.55. The van der Waals surface area contributed by atoms with Crippen molar-refractivity contribution in [1.82, 2.24) is 14.7 Å². The number of nitrogens with two attached hydrogens (primary N) is 1. The minimum atomic E-state index is 0.535. The number of fused-ring (bicyclic) bond motifs is 1. The van der Waals surface area contributed by atoms with Gasteiger partial charge in [0.25, 0.3) is 0 Å². The van der Waals surface area contributed by atoms with Crippen LogP contribution in [0.5, 0.6) is 0 Å². The summed E-state index contributed by atoms with van der Waals surface area (Å²) in [7, 11) is 2.18. The van der Waals surface area contributed by atoms with Gasteiger partial charge in [0.1, 0.15) is 0 Å². The van der Waals surface area contributed by atoms with Crippen molar-refractivity contribution < 1.29 is 0 Å². The van der Waals surface area contributed by atoms with Crippen molar-refractivity contribution in [2.75, 3.05) is 25.9 Å². The van der Waals surface area contributed by atoms with E-state index in [1.807, 2.05) is 18.3 Å². The maximum absolute atomic E-state index is 5.79. The molecule has 1 aliphatic rings. The maximum atomic E-state index is 5.79.